The molecule has 0 radical (unpaired) electrons. The monoisotopic (exact) mass is 250 g/mol. The zero-order chi connectivity index (χ0) is 13.1. The zero-order valence-electron chi connectivity index (χ0n) is 12.1. The van der Waals surface area contributed by atoms with Gasteiger partial charge in [0, 0.05) is 12.6 Å². The number of hydrogen-bond donors (Lipinski definition) is 1. The predicted molar refractivity (Wildman–Crippen MR) is 74.7 cm³/mol. The van der Waals surface area contributed by atoms with E-state index in [4.69, 9.17) is 4.42 Å². The summed E-state index contributed by atoms with van der Waals surface area (Å²) in [4.78, 5) is 2.45. The highest BCUT2D eigenvalue weighted by molar-refractivity contribution is 5.19. The second-order valence-corrected chi connectivity index (χ2v) is 5.86. The topological polar surface area (TPSA) is 28.4 Å². The van der Waals surface area contributed by atoms with Crippen LogP contribution in [-0.2, 0) is 0 Å². The zero-order valence-corrected chi connectivity index (χ0v) is 12.1. The van der Waals surface area contributed by atoms with Gasteiger partial charge in [-0.25, -0.2) is 0 Å². The van der Waals surface area contributed by atoms with Gasteiger partial charge in [-0.1, -0.05) is 13.8 Å². The highest BCUT2D eigenvalue weighted by Gasteiger charge is 2.33. The van der Waals surface area contributed by atoms with Crippen LogP contribution >= 0.6 is 0 Å². The van der Waals surface area contributed by atoms with Gasteiger partial charge in [0.05, 0.1) is 12.3 Å². The van der Waals surface area contributed by atoms with Crippen molar-refractivity contribution in [2.45, 2.75) is 45.7 Å². The molecule has 1 aliphatic rings. The van der Waals surface area contributed by atoms with E-state index in [1.807, 2.05) is 6.26 Å². The number of rotatable bonds is 4. The molecule has 0 spiro atoms. The summed E-state index contributed by atoms with van der Waals surface area (Å²) in [5.41, 5.74) is 1.28. The fourth-order valence-corrected chi connectivity index (χ4v) is 2.96. The smallest absolute Gasteiger partial charge is 0.124 e. The Hall–Kier alpha value is -0.800. The summed E-state index contributed by atoms with van der Waals surface area (Å²) in [5, 5.41) is 3.58. The van der Waals surface area contributed by atoms with Crippen molar-refractivity contribution < 1.29 is 4.42 Å². The van der Waals surface area contributed by atoms with Crippen LogP contribution in [-0.4, -0.2) is 31.1 Å². The van der Waals surface area contributed by atoms with Crippen LogP contribution in [0, 0.1) is 12.8 Å². The minimum absolute atomic E-state index is 0.431. The predicted octanol–water partition coefficient (Wildman–Crippen LogP) is 2.97. The molecule has 0 amide bonds. The van der Waals surface area contributed by atoms with Crippen molar-refractivity contribution >= 4 is 0 Å². The molecule has 0 saturated carbocycles. The minimum atomic E-state index is 0.431. The number of nitrogens with one attached hydrogen (secondary N) is 1. The molecule has 1 saturated heterocycles. The Bertz CT molecular complexity index is 372. The molecule has 1 aliphatic heterocycles. The lowest BCUT2D eigenvalue weighted by atomic mass is 9.86. The van der Waals surface area contributed by atoms with E-state index >= 15 is 0 Å². The largest absolute Gasteiger partial charge is 0.467 e. The van der Waals surface area contributed by atoms with E-state index in [0.717, 1.165) is 12.3 Å². The first-order chi connectivity index (χ1) is 8.59. The average molecular weight is 250 g/mol. The van der Waals surface area contributed by atoms with Gasteiger partial charge in [0.2, 0.25) is 0 Å². The number of aryl methyl sites for hydroxylation is 1. The molecule has 18 heavy (non-hydrogen) atoms. The maximum Gasteiger partial charge on any atom is 0.124 e. The van der Waals surface area contributed by atoms with Crippen LogP contribution in [0.2, 0.25) is 0 Å². The maximum absolute atomic E-state index is 5.74. The molecular formula is C15H26N2O. The van der Waals surface area contributed by atoms with Crippen molar-refractivity contribution in [1.82, 2.24) is 10.2 Å². The number of piperidine rings is 1. The van der Waals surface area contributed by atoms with Crippen molar-refractivity contribution in [3.8, 4) is 0 Å². The summed E-state index contributed by atoms with van der Waals surface area (Å²) in [6.45, 7) is 8.81. The van der Waals surface area contributed by atoms with Crippen molar-refractivity contribution in [3.05, 3.63) is 23.7 Å². The maximum atomic E-state index is 5.74. The molecule has 0 aromatic carbocycles. The molecule has 2 rings (SSSR count). The van der Waals surface area contributed by atoms with Crippen LogP contribution in [0.4, 0.5) is 0 Å². The van der Waals surface area contributed by atoms with E-state index in [1.54, 1.807) is 0 Å². The summed E-state index contributed by atoms with van der Waals surface area (Å²) < 4.78 is 5.74. The number of furan rings is 1. The van der Waals surface area contributed by atoms with Crippen molar-refractivity contribution in [2.75, 3.05) is 20.1 Å². The van der Waals surface area contributed by atoms with Gasteiger partial charge in [-0.15, -0.1) is 0 Å². The molecule has 0 bridgehead atoms. The van der Waals surface area contributed by atoms with Crippen LogP contribution in [0.5, 0.6) is 0 Å². The first-order valence-electron chi connectivity index (χ1n) is 7.07. The SMILES string of the molecule is Cc1ccoc1C1C(CNC(C)C)CCCN1C. The Morgan fingerprint density at radius 3 is 2.89 bits per heavy atom. The van der Waals surface area contributed by atoms with Crippen molar-refractivity contribution in [2.24, 2.45) is 5.92 Å². The fourth-order valence-electron chi connectivity index (χ4n) is 2.96. The minimum Gasteiger partial charge on any atom is -0.467 e. The molecule has 0 aliphatic carbocycles. The lowest BCUT2D eigenvalue weighted by Crippen LogP contribution is -2.41. The van der Waals surface area contributed by atoms with Gasteiger partial charge in [-0.05, 0) is 50.9 Å². The molecule has 1 aromatic rings. The van der Waals surface area contributed by atoms with Gasteiger partial charge in [-0.2, -0.15) is 0 Å². The second-order valence-electron chi connectivity index (χ2n) is 5.86. The first kappa shape index (κ1) is 13.6. The highest BCUT2D eigenvalue weighted by Crippen LogP contribution is 2.36. The van der Waals surface area contributed by atoms with Crippen LogP contribution in [0.3, 0.4) is 0 Å². The van der Waals surface area contributed by atoms with Gasteiger partial charge in [0.1, 0.15) is 5.76 Å². The lowest BCUT2D eigenvalue weighted by Gasteiger charge is -2.38. The summed E-state index contributed by atoms with van der Waals surface area (Å²) in [5.74, 6) is 1.81. The summed E-state index contributed by atoms with van der Waals surface area (Å²) in [7, 11) is 2.22. The van der Waals surface area contributed by atoms with Gasteiger partial charge < -0.3 is 9.73 Å². The summed E-state index contributed by atoms with van der Waals surface area (Å²) >= 11 is 0. The molecule has 2 heterocycles. The number of hydrogen-bond acceptors (Lipinski definition) is 3. The Labute approximate surface area is 111 Å². The van der Waals surface area contributed by atoms with E-state index in [-0.39, 0.29) is 0 Å². The van der Waals surface area contributed by atoms with Crippen LogP contribution in [0.25, 0.3) is 0 Å². The third kappa shape index (κ3) is 2.96. The molecule has 3 heteroatoms. The van der Waals surface area contributed by atoms with E-state index in [2.05, 4.69) is 44.1 Å². The van der Waals surface area contributed by atoms with Gasteiger partial charge >= 0.3 is 0 Å². The third-order valence-electron chi connectivity index (χ3n) is 3.97. The van der Waals surface area contributed by atoms with E-state index in [1.165, 1.54) is 24.9 Å². The Morgan fingerprint density at radius 1 is 1.50 bits per heavy atom. The second kappa shape index (κ2) is 5.89. The number of nitrogens with zero attached hydrogens (tertiary/aromatic N) is 1. The van der Waals surface area contributed by atoms with Crippen molar-refractivity contribution in [3.63, 3.8) is 0 Å². The van der Waals surface area contributed by atoms with Crippen LogP contribution in [0.1, 0.15) is 44.1 Å². The highest BCUT2D eigenvalue weighted by atomic mass is 16.3. The third-order valence-corrected chi connectivity index (χ3v) is 3.97. The summed E-state index contributed by atoms with van der Waals surface area (Å²) in [6.07, 6.45) is 4.39. The van der Waals surface area contributed by atoms with Gasteiger partial charge in [0.25, 0.3) is 0 Å². The van der Waals surface area contributed by atoms with Crippen LogP contribution < -0.4 is 5.32 Å². The van der Waals surface area contributed by atoms with Crippen LogP contribution in [0.15, 0.2) is 16.7 Å². The van der Waals surface area contributed by atoms with E-state index in [9.17, 15) is 0 Å². The molecular weight excluding hydrogens is 224 g/mol. The van der Waals surface area contributed by atoms with Gasteiger partial charge in [0.15, 0.2) is 0 Å². The lowest BCUT2D eigenvalue weighted by molar-refractivity contribution is 0.0992. The van der Waals surface area contributed by atoms with E-state index < -0.39 is 0 Å². The molecule has 1 aromatic heterocycles. The first-order valence-corrected chi connectivity index (χ1v) is 7.07. The quantitative estimate of drug-likeness (QED) is 0.890. The fraction of sp³-hybridized carbons (Fsp3) is 0.733. The molecule has 3 nitrogen and oxygen atoms in total. The molecule has 1 fully saturated rings. The van der Waals surface area contributed by atoms with Crippen molar-refractivity contribution in [1.29, 1.82) is 0 Å². The normalized spacial score (nSPS) is 25.8. The Morgan fingerprint density at radius 2 is 2.28 bits per heavy atom. The molecule has 2 atom stereocenters. The Balaban J connectivity index is 2.13. The van der Waals surface area contributed by atoms with E-state index in [0.29, 0.717) is 18.0 Å². The number of likely N-dealkylation sites (tertiary alicyclic amines) is 1. The average Bonchev–Trinajstić information content (AvgIpc) is 2.72. The molecule has 1 N–H and O–H groups in total. The molecule has 2 unspecified atom stereocenters. The molecule has 102 valence electrons. The Kier molecular flexibility index (Phi) is 4.46. The standard InChI is InChI=1S/C15H26N2O/c1-11(2)16-10-13-6-5-8-17(4)14(13)15-12(3)7-9-18-15/h7,9,11,13-14,16H,5-6,8,10H2,1-4H3. The van der Waals surface area contributed by atoms with Gasteiger partial charge in [-0.3, -0.25) is 4.90 Å². The summed E-state index contributed by atoms with van der Waals surface area (Å²) in [6, 6.07) is 3.06.